The molecule has 1 saturated heterocycles. The van der Waals surface area contributed by atoms with Gasteiger partial charge in [-0.25, -0.2) is 9.37 Å². The van der Waals surface area contributed by atoms with Gasteiger partial charge < -0.3 is 19.5 Å². The van der Waals surface area contributed by atoms with Crippen LogP contribution >= 0.6 is 0 Å². The van der Waals surface area contributed by atoms with Gasteiger partial charge in [0, 0.05) is 37.6 Å². The van der Waals surface area contributed by atoms with E-state index in [0.29, 0.717) is 29.2 Å². The van der Waals surface area contributed by atoms with Crippen molar-refractivity contribution >= 4 is 17.5 Å². The minimum atomic E-state index is -0.388. The number of anilines is 1. The number of rotatable bonds is 7. The van der Waals surface area contributed by atoms with Gasteiger partial charge in [0.05, 0.1) is 5.69 Å². The lowest BCUT2D eigenvalue weighted by Crippen LogP contribution is -2.28. The predicted molar refractivity (Wildman–Crippen MR) is 114 cm³/mol. The molecule has 2 amide bonds. The van der Waals surface area contributed by atoms with Crippen molar-refractivity contribution in [3.05, 3.63) is 72.1 Å². The summed E-state index contributed by atoms with van der Waals surface area (Å²) in [6.07, 6.45) is 4.76. The largest absolute Gasteiger partial charge is 0.484 e. The average Bonchev–Trinajstić information content (AvgIpc) is 3.39. The van der Waals surface area contributed by atoms with Gasteiger partial charge in [0.1, 0.15) is 17.4 Å². The normalized spacial score (nSPS) is 13.5. The molecule has 1 N–H and O–H groups in total. The van der Waals surface area contributed by atoms with Crippen molar-refractivity contribution in [2.45, 2.75) is 26.3 Å². The summed E-state index contributed by atoms with van der Waals surface area (Å²) in [6, 6.07) is 11.9. The molecule has 0 spiro atoms. The van der Waals surface area contributed by atoms with E-state index in [4.69, 9.17) is 4.74 Å². The van der Waals surface area contributed by atoms with Crippen LogP contribution in [0.1, 0.15) is 24.2 Å². The Morgan fingerprint density at radius 2 is 2.03 bits per heavy atom. The smallest absolute Gasteiger partial charge is 0.258 e. The highest BCUT2D eigenvalue weighted by atomic mass is 19.1. The van der Waals surface area contributed by atoms with Crippen LogP contribution in [0.2, 0.25) is 0 Å². The lowest BCUT2D eigenvalue weighted by atomic mass is 10.2. The van der Waals surface area contributed by atoms with E-state index >= 15 is 0 Å². The number of halogens is 1. The molecule has 1 aromatic heterocycles. The third-order valence-corrected chi connectivity index (χ3v) is 5.18. The second-order valence-electron chi connectivity index (χ2n) is 7.34. The average molecular weight is 422 g/mol. The number of hydrogen-bond donors (Lipinski definition) is 1. The monoisotopic (exact) mass is 422 g/mol. The Bertz CT molecular complexity index is 1090. The lowest BCUT2D eigenvalue weighted by Gasteiger charge is -2.16. The number of carbonyl (C=O) groups is 2. The molecule has 1 aliphatic rings. The summed E-state index contributed by atoms with van der Waals surface area (Å²) in [5.41, 5.74) is 1.88. The molecule has 0 bridgehead atoms. The fraction of sp³-hybridized carbons (Fsp3) is 0.261. The number of nitrogens with zero attached hydrogens (tertiary/aromatic N) is 3. The summed E-state index contributed by atoms with van der Waals surface area (Å²) >= 11 is 0. The molecule has 1 fully saturated rings. The molecular weight excluding hydrogens is 399 g/mol. The molecule has 2 heterocycles. The second-order valence-corrected chi connectivity index (χ2v) is 7.34. The second kappa shape index (κ2) is 8.99. The molecule has 0 aliphatic carbocycles. The van der Waals surface area contributed by atoms with Gasteiger partial charge >= 0.3 is 0 Å². The number of ether oxygens (including phenoxy) is 1. The molecule has 0 unspecified atom stereocenters. The van der Waals surface area contributed by atoms with E-state index in [1.54, 1.807) is 53.0 Å². The SMILES string of the molecule is Cc1nccn1-c1ccc(CNC(=O)COc2ccc(N3CCCC3=O)cc2)cc1F. The number of aromatic nitrogens is 2. The van der Waals surface area contributed by atoms with Gasteiger partial charge in [-0.1, -0.05) is 6.07 Å². The Labute approximate surface area is 179 Å². The first-order valence-corrected chi connectivity index (χ1v) is 10.1. The lowest BCUT2D eigenvalue weighted by molar-refractivity contribution is -0.123. The molecular formula is C23H23FN4O3. The zero-order chi connectivity index (χ0) is 21.8. The maximum absolute atomic E-state index is 14.4. The molecule has 4 rings (SSSR count). The van der Waals surface area contributed by atoms with Crippen molar-refractivity contribution in [3.63, 3.8) is 0 Å². The van der Waals surface area contributed by atoms with Crippen molar-refractivity contribution in [1.29, 1.82) is 0 Å². The maximum atomic E-state index is 14.4. The fourth-order valence-electron chi connectivity index (χ4n) is 3.53. The standard InChI is InChI=1S/C23H23FN4O3/c1-16-25-10-12-27(16)21-9-4-17(13-20(21)24)14-26-22(29)15-31-19-7-5-18(6-8-19)28-11-2-3-23(28)30/h4-10,12-13H,2-3,11,14-15H2,1H3,(H,26,29). The Kier molecular flexibility index (Phi) is 5.97. The van der Waals surface area contributed by atoms with Crippen molar-refractivity contribution in [2.24, 2.45) is 0 Å². The zero-order valence-corrected chi connectivity index (χ0v) is 17.2. The van der Waals surface area contributed by atoms with E-state index in [1.165, 1.54) is 6.07 Å². The van der Waals surface area contributed by atoms with Gasteiger partial charge in [-0.3, -0.25) is 9.59 Å². The van der Waals surface area contributed by atoms with E-state index in [1.807, 2.05) is 12.1 Å². The summed E-state index contributed by atoms with van der Waals surface area (Å²) in [7, 11) is 0. The molecule has 0 atom stereocenters. The summed E-state index contributed by atoms with van der Waals surface area (Å²) in [4.78, 5) is 29.7. The predicted octanol–water partition coefficient (Wildman–Crippen LogP) is 3.14. The minimum absolute atomic E-state index is 0.123. The molecule has 8 heteroatoms. The molecule has 1 aliphatic heterocycles. The van der Waals surface area contributed by atoms with Crippen molar-refractivity contribution in [1.82, 2.24) is 14.9 Å². The van der Waals surface area contributed by atoms with E-state index in [0.717, 1.165) is 18.7 Å². The number of imidazole rings is 1. The van der Waals surface area contributed by atoms with Gasteiger partial charge in [-0.2, -0.15) is 0 Å². The van der Waals surface area contributed by atoms with Gasteiger partial charge in [-0.05, 0) is 55.3 Å². The molecule has 7 nitrogen and oxygen atoms in total. The van der Waals surface area contributed by atoms with E-state index < -0.39 is 0 Å². The van der Waals surface area contributed by atoms with Gasteiger partial charge in [0.25, 0.3) is 5.91 Å². The first kappa shape index (κ1) is 20.6. The number of hydrogen-bond acceptors (Lipinski definition) is 4. The van der Waals surface area contributed by atoms with Crippen molar-refractivity contribution in [3.8, 4) is 11.4 Å². The molecule has 3 aromatic rings. The first-order chi connectivity index (χ1) is 15.0. The molecule has 2 aromatic carbocycles. The highest BCUT2D eigenvalue weighted by molar-refractivity contribution is 5.95. The van der Waals surface area contributed by atoms with Crippen LogP contribution in [-0.4, -0.2) is 34.5 Å². The van der Waals surface area contributed by atoms with E-state index in [-0.39, 0.29) is 30.8 Å². The van der Waals surface area contributed by atoms with Crippen molar-refractivity contribution in [2.75, 3.05) is 18.1 Å². The van der Waals surface area contributed by atoms with Gasteiger partial charge in [0.15, 0.2) is 6.61 Å². The number of nitrogens with one attached hydrogen (secondary N) is 1. The quantitative estimate of drug-likeness (QED) is 0.635. The van der Waals surface area contributed by atoms with Crippen LogP contribution in [0.3, 0.4) is 0 Å². The summed E-state index contributed by atoms with van der Waals surface area (Å²) in [5, 5.41) is 2.72. The molecule has 0 saturated carbocycles. The fourth-order valence-corrected chi connectivity index (χ4v) is 3.53. The van der Waals surface area contributed by atoms with Crippen LogP contribution in [0.4, 0.5) is 10.1 Å². The third-order valence-electron chi connectivity index (χ3n) is 5.18. The Morgan fingerprint density at radius 3 is 2.68 bits per heavy atom. The zero-order valence-electron chi connectivity index (χ0n) is 17.2. The van der Waals surface area contributed by atoms with Crippen LogP contribution in [-0.2, 0) is 16.1 Å². The van der Waals surface area contributed by atoms with Gasteiger partial charge in [-0.15, -0.1) is 0 Å². The maximum Gasteiger partial charge on any atom is 0.258 e. The van der Waals surface area contributed by atoms with Crippen LogP contribution in [0.15, 0.2) is 54.9 Å². The number of carbonyl (C=O) groups excluding carboxylic acids is 2. The van der Waals surface area contributed by atoms with E-state index in [9.17, 15) is 14.0 Å². The number of benzene rings is 2. The summed E-state index contributed by atoms with van der Waals surface area (Å²) < 4.78 is 21.6. The Morgan fingerprint density at radius 1 is 1.23 bits per heavy atom. The van der Waals surface area contributed by atoms with Gasteiger partial charge in [0.2, 0.25) is 5.91 Å². The number of aryl methyl sites for hydroxylation is 1. The minimum Gasteiger partial charge on any atom is -0.484 e. The Balaban J connectivity index is 1.27. The first-order valence-electron chi connectivity index (χ1n) is 10.1. The van der Waals surface area contributed by atoms with Crippen LogP contribution in [0, 0.1) is 12.7 Å². The summed E-state index contributed by atoms with van der Waals surface area (Å²) in [5.74, 6) is 0.654. The van der Waals surface area contributed by atoms with Crippen LogP contribution in [0.5, 0.6) is 5.75 Å². The number of amides is 2. The Hall–Kier alpha value is -3.68. The summed E-state index contributed by atoms with van der Waals surface area (Å²) in [6.45, 7) is 2.56. The highest BCUT2D eigenvalue weighted by Gasteiger charge is 2.21. The van der Waals surface area contributed by atoms with Crippen molar-refractivity contribution < 1.29 is 18.7 Å². The van der Waals surface area contributed by atoms with E-state index in [2.05, 4.69) is 10.3 Å². The molecule has 31 heavy (non-hydrogen) atoms. The van der Waals surface area contributed by atoms with Crippen LogP contribution < -0.4 is 15.0 Å². The molecule has 160 valence electrons. The molecule has 0 radical (unpaired) electrons. The topological polar surface area (TPSA) is 76.5 Å². The third kappa shape index (κ3) is 4.74. The highest BCUT2D eigenvalue weighted by Crippen LogP contribution is 2.24. The van der Waals surface area contributed by atoms with Crippen LogP contribution in [0.25, 0.3) is 5.69 Å².